The van der Waals surface area contributed by atoms with Crippen LogP contribution in [0.3, 0.4) is 0 Å². The lowest BCUT2D eigenvalue weighted by molar-refractivity contribution is 0.414. The Morgan fingerprint density at radius 2 is 2.18 bits per heavy atom. The van der Waals surface area contributed by atoms with Gasteiger partial charge in [0, 0.05) is 18.6 Å². The molecule has 0 atom stereocenters. The average molecular weight is 322 g/mol. The van der Waals surface area contributed by atoms with Crippen molar-refractivity contribution in [1.29, 1.82) is 0 Å². The van der Waals surface area contributed by atoms with Crippen LogP contribution in [-0.2, 0) is 13.0 Å². The summed E-state index contributed by atoms with van der Waals surface area (Å²) in [7, 11) is 3.36. The Morgan fingerprint density at radius 1 is 1.32 bits per heavy atom. The van der Waals surface area contributed by atoms with Crippen LogP contribution in [0.1, 0.15) is 11.3 Å². The van der Waals surface area contributed by atoms with Gasteiger partial charge in [-0.1, -0.05) is 17.7 Å². The molecule has 1 aromatic carbocycles. The van der Waals surface area contributed by atoms with E-state index in [1.807, 2.05) is 30.3 Å². The molecule has 22 heavy (non-hydrogen) atoms. The molecule has 0 aliphatic heterocycles. The van der Waals surface area contributed by atoms with Gasteiger partial charge in [0.2, 0.25) is 0 Å². The SMILES string of the molecule is CN=C(NCCc1ccc(OC)cc1Cl)NCc1ccco1. The van der Waals surface area contributed by atoms with Crippen LogP contribution in [0.4, 0.5) is 0 Å². The first-order valence-corrected chi connectivity index (χ1v) is 7.40. The third kappa shape index (κ3) is 4.70. The van der Waals surface area contributed by atoms with Gasteiger partial charge >= 0.3 is 0 Å². The number of hydrogen-bond donors (Lipinski definition) is 2. The van der Waals surface area contributed by atoms with Crippen molar-refractivity contribution in [3.05, 3.63) is 52.9 Å². The molecule has 1 aromatic heterocycles. The molecular weight excluding hydrogens is 302 g/mol. The molecule has 2 rings (SSSR count). The molecule has 0 aliphatic carbocycles. The molecule has 6 heteroatoms. The smallest absolute Gasteiger partial charge is 0.191 e. The highest BCUT2D eigenvalue weighted by Crippen LogP contribution is 2.22. The van der Waals surface area contributed by atoms with Crippen molar-refractivity contribution in [2.45, 2.75) is 13.0 Å². The molecule has 0 unspecified atom stereocenters. The molecule has 0 saturated heterocycles. The van der Waals surface area contributed by atoms with Gasteiger partial charge in [0.1, 0.15) is 11.5 Å². The lowest BCUT2D eigenvalue weighted by Crippen LogP contribution is -2.37. The summed E-state index contributed by atoms with van der Waals surface area (Å²) >= 11 is 6.22. The van der Waals surface area contributed by atoms with Gasteiger partial charge in [-0.25, -0.2) is 0 Å². The van der Waals surface area contributed by atoms with Crippen molar-refractivity contribution in [3.8, 4) is 5.75 Å². The molecule has 0 fully saturated rings. The number of furan rings is 1. The van der Waals surface area contributed by atoms with E-state index in [1.165, 1.54) is 0 Å². The summed E-state index contributed by atoms with van der Waals surface area (Å²) in [5.41, 5.74) is 1.07. The molecule has 1 heterocycles. The van der Waals surface area contributed by atoms with Crippen LogP contribution in [0.5, 0.6) is 5.75 Å². The molecule has 5 nitrogen and oxygen atoms in total. The van der Waals surface area contributed by atoms with E-state index in [4.69, 9.17) is 20.8 Å². The van der Waals surface area contributed by atoms with Crippen molar-refractivity contribution in [1.82, 2.24) is 10.6 Å². The molecule has 2 N–H and O–H groups in total. The molecule has 0 saturated carbocycles. The zero-order chi connectivity index (χ0) is 15.8. The van der Waals surface area contributed by atoms with Gasteiger partial charge < -0.3 is 19.8 Å². The Kier molecular flexibility index (Phi) is 6.15. The first-order chi connectivity index (χ1) is 10.7. The second-order valence-electron chi connectivity index (χ2n) is 4.64. The van der Waals surface area contributed by atoms with Crippen LogP contribution in [0.25, 0.3) is 0 Å². The fraction of sp³-hybridized carbons (Fsp3) is 0.312. The highest BCUT2D eigenvalue weighted by atomic mass is 35.5. The van der Waals surface area contributed by atoms with E-state index in [0.29, 0.717) is 11.6 Å². The number of nitrogens with one attached hydrogen (secondary N) is 2. The third-order valence-corrected chi connectivity index (χ3v) is 3.53. The minimum Gasteiger partial charge on any atom is -0.497 e. The van der Waals surface area contributed by atoms with Gasteiger partial charge in [-0.15, -0.1) is 0 Å². The molecule has 0 radical (unpaired) electrons. The van der Waals surface area contributed by atoms with E-state index in [1.54, 1.807) is 20.4 Å². The van der Waals surface area contributed by atoms with E-state index in [0.717, 1.165) is 36.0 Å². The lowest BCUT2D eigenvalue weighted by Gasteiger charge is -2.12. The van der Waals surface area contributed by atoms with Gasteiger partial charge in [-0.05, 0) is 36.2 Å². The fourth-order valence-corrected chi connectivity index (χ4v) is 2.24. The number of nitrogens with zero attached hydrogens (tertiary/aromatic N) is 1. The van der Waals surface area contributed by atoms with E-state index < -0.39 is 0 Å². The zero-order valence-corrected chi connectivity index (χ0v) is 13.5. The van der Waals surface area contributed by atoms with E-state index in [9.17, 15) is 0 Å². The van der Waals surface area contributed by atoms with Gasteiger partial charge in [0.05, 0.1) is 19.9 Å². The van der Waals surface area contributed by atoms with Crippen LogP contribution >= 0.6 is 11.6 Å². The molecule has 0 aliphatic rings. The Balaban J connectivity index is 1.79. The Morgan fingerprint density at radius 3 is 2.82 bits per heavy atom. The van der Waals surface area contributed by atoms with Crippen LogP contribution < -0.4 is 15.4 Å². The molecule has 2 aromatic rings. The summed E-state index contributed by atoms with van der Waals surface area (Å²) < 4.78 is 10.4. The number of ether oxygens (including phenoxy) is 1. The van der Waals surface area contributed by atoms with Crippen LogP contribution in [0.15, 0.2) is 46.0 Å². The minimum absolute atomic E-state index is 0.593. The molecule has 0 bridgehead atoms. The van der Waals surface area contributed by atoms with Gasteiger partial charge in [-0.3, -0.25) is 4.99 Å². The van der Waals surface area contributed by atoms with E-state index in [-0.39, 0.29) is 0 Å². The maximum Gasteiger partial charge on any atom is 0.191 e. The van der Waals surface area contributed by atoms with Crippen molar-refractivity contribution >= 4 is 17.6 Å². The van der Waals surface area contributed by atoms with Crippen molar-refractivity contribution in [3.63, 3.8) is 0 Å². The maximum atomic E-state index is 6.22. The van der Waals surface area contributed by atoms with Gasteiger partial charge in [0.15, 0.2) is 5.96 Å². The minimum atomic E-state index is 0.593. The highest BCUT2D eigenvalue weighted by Gasteiger charge is 2.04. The average Bonchev–Trinajstić information content (AvgIpc) is 3.05. The van der Waals surface area contributed by atoms with Crippen molar-refractivity contribution in [2.75, 3.05) is 20.7 Å². The monoisotopic (exact) mass is 321 g/mol. The lowest BCUT2D eigenvalue weighted by atomic mass is 10.1. The summed E-state index contributed by atoms with van der Waals surface area (Å²) in [6.07, 6.45) is 2.45. The third-order valence-electron chi connectivity index (χ3n) is 3.18. The number of hydrogen-bond acceptors (Lipinski definition) is 3. The summed E-state index contributed by atoms with van der Waals surface area (Å²) in [5.74, 6) is 2.35. The van der Waals surface area contributed by atoms with Crippen LogP contribution in [0.2, 0.25) is 5.02 Å². The Bertz CT molecular complexity index is 612. The van der Waals surface area contributed by atoms with Crippen molar-refractivity contribution in [2.24, 2.45) is 4.99 Å². The summed E-state index contributed by atoms with van der Waals surface area (Å²) in [4.78, 5) is 4.17. The van der Waals surface area contributed by atoms with Crippen LogP contribution in [-0.4, -0.2) is 26.7 Å². The predicted molar refractivity (Wildman–Crippen MR) is 88.6 cm³/mol. The predicted octanol–water partition coefficient (Wildman–Crippen LogP) is 2.85. The van der Waals surface area contributed by atoms with Crippen molar-refractivity contribution < 1.29 is 9.15 Å². The quantitative estimate of drug-likeness (QED) is 0.634. The van der Waals surface area contributed by atoms with Gasteiger partial charge in [-0.2, -0.15) is 0 Å². The normalized spacial score (nSPS) is 11.3. The molecule has 0 spiro atoms. The summed E-state index contributed by atoms with van der Waals surface area (Å²) in [5, 5.41) is 7.13. The maximum absolute atomic E-state index is 6.22. The Labute approximate surface area is 135 Å². The van der Waals surface area contributed by atoms with Gasteiger partial charge in [0.25, 0.3) is 0 Å². The van der Waals surface area contributed by atoms with Crippen LogP contribution in [0, 0.1) is 0 Å². The second kappa shape index (κ2) is 8.34. The number of rotatable bonds is 6. The first kappa shape index (κ1) is 16.2. The number of halogens is 1. The fourth-order valence-electron chi connectivity index (χ4n) is 1.98. The number of aliphatic imine (C=N–C) groups is 1. The largest absolute Gasteiger partial charge is 0.497 e. The molecular formula is C16H20ClN3O2. The summed E-state index contributed by atoms with van der Waals surface area (Å²) in [6, 6.07) is 9.48. The van der Waals surface area contributed by atoms with E-state index in [2.05, 4.69) is 15.6 Å². The number of guanidine groups is 1. The first-order valence-electron chi connectivity index (χ1n) is 7.02. The number of methoxy groups -OCH3 is 1. The molecule has 118 valence electrons. The number of benzene rings is 1. The van der Waals surface area contributed by atoms with E-state index >= 15 is 0 Å². The Hall–Kier alpha value is -2.14. The zero-order valence-electron chi connectivity index (χ0n) is 12.7. The standard InChI is InChI=1S/C16H20ClN3O2/c1-18-16(20-11-14-4-3-9-22-14)19-8-7-12-5-6-13(21-2)10-15(12)17/h3-6,9-10H,7-8,11H2,1-2H3,(H2,18,19,20). The molecule has 0 amide bonds. The summed E-state index contributed by atoms with van der Waals surface area (Å²) in [6.45, 7) is 1.32. The highest BCUT2D eigenvalue weighted by molar-refractivity contribution is 6.31. The second-order valence-corrected chi connectivity index (χ2v) is 5.05. The topological polar surface area (TPSA) is 58.8 Å².